The first-order valence-electron chi connectivity index (χ1n) is 21.4. The number of fused-ring (bicyclic) bond motifs is 12. The second kappa shape index (κ2) is 13.2. The number of thiophene rings is 1. The Morgan fingerprint density at radius 2 is 0.889 bits per heavy atom. The average molecular weight is 819 g/mol. The molecule has 0 radical (unpaired) electrons. The van der Waals surface area contributed by atoms with Gasteiger partial charge < -0.3 is 9.13 Å². The van der Waals surface area contributed by atoms with Crippen molar-refractivity contribution in [2.24, 2.45) is 0 Å². The predicted octanol–water partition coefficient (Wildman–Crippen LogP) is 15.8. The summed E-state index contributed by atoms with van der Waals surface area (Å²) in [4.78, 5) is 10.7. The Morgan fingerprint density at radius 1 is 0.317 bits per heavy atom. The van der Waals surface area contributed by atoms with Crippen LogP contribution in [0.5, 0.6) is 0 Å². The summed E-state index contributed by atoms with van der Waals surface area (Å²) in [6.45, 7) is 0. The smallest absolute Gasteiger partial charge is 0.0973 e. The summed E-state index contributed by atoms with van der Waals surface area (Å²) < 4.78 is 7.46. The molecule has 4 nitrogen and oxygen atoms in total. The molecule has 0 fully saturated rings. The van der Waals surface area contributed by atoms with Crippen molar-refractivity contribution in [2.45, 2.75) is 0 Å². The van der Waals surface area contributed by atoms with Crippen LogP contribution in [0.15, 0.2) is 206 Å². The summed E-state index contributed by atoms with van der Waals surface area (Å²) in [5, 5.41) is 12.2. The minimum Gasteiger partial charge on any atom is -0.309 e. The van der Waals surface area contributed by atoms with Crippen LogP contribution in [0.3, 0.4) is 0 Å². The first-order valence-corrected chi connectivity index (χ1v) is 22.2. The van der Waals surface area contributed by atoms with Gasteiger partial charge in [-0.05, 0) is 95.0 Å². The summed E-state index contributed by atoms with van der Waals surface area (Å²) in [7, 11) is 0. The van der Waals surface area contributed by atoms with Gasteiger partial charge in [-0.2, -0.15) is 0 Å². The van der Waals surface area contributed by atoms with Crippen LogP contribution >= 0.6 is 11.3 Å². The van der Waals surface area contributed by atoms with Crippen molar-refractivity contribution in [3.63, 3.8) is 0 Å². The molecule has 0 unspecified atom stereocenters. The number of benzene rings is 10. The molecule has 0 aliphatic heterocycles. The topological polar surface area (TPSA) is 35.6 Å². The maximum atomic E-state index is 5.35. The number of nitrogens with zero attached hydrogens (tertiary/aromatic N) is 4. The molecule has 14 rings (SSSR count). The SMILES string of the molecule is c1ccc2cc3c(cc2c1)c1ccc(-n2c4ccccc4c4ccccc42)cc1n3-c1cccc2cc(-c3nc4ccccc4nc3-c3ccc4sc5ccccc5c4c3)ccc12. The molecule has 292 valence electrons. The summed E-state index contributed by atoms with van der Waals surface area (Å²) in [5.41, 5.74) is 12.6. The maximum Gasteiger partial charge on any atom is 0.0973 e. The van der Waals surface area contributed by atoms with Crippen LogP contribution in [0.4, 0.5) is 0 Å². The van der Waals surface area contributed by atoms with E-state index in [1.54, 1.807) is 0 Å². The largest absolute Gasteiger partial charge is 0.309 e. The third kappa shape index (κ3) is 5.15. The minimum atomic E-state index is 0.874. The lowest BCUT2D eigenvalue weighted by atomic mass is 9.98. The van der Waals surface area contributed by atoms with Gasteiger partial charge in [-0.1, -0.05) is 127 Å². The molecule has 0 aliphatic carbocycles. The Hall–Kier alpha value is -8.12. The van der Waals surface area contributed by atoms with E-state index in [-0.39, 0.29) is 0 Å². The number of rotatable bonds is 4. The highest BCUT2D eigenvalue weighted by molar-refractivity contribution is 7.25. The van der Waals surface area contributed by atoms with E-state index in [4.69, 9.17) is 9.97 Å². The van der Waals surface area contributed by atoms with Crippen LogP contribution in [0.2, 0.25) is 0 Å². The molecule has 14 aromatic rings. The van der Waals surface area contributed by atoms with Crippen molar-refractivity contribution in [3.8, 4) is 33.9 Å². The van der Waals surface area contributed by atoms with Crippen LogP contribution in [0.25, 0.3) is 130 Å². The molecule has 0 bridgehead atoms. The third-order valence-electron chi connectivity index (χ3n) is 13.0. The molecular formula is C58H34N4S. The van der Waals surface area contributed by atoms with Crippen LogP contribution in [0, 0.1) is 0 Å². The standard InChI is InChI=1S/C58H34N4S/c1-2-13-36-33-53-46(31-35(36)12-1)44-28-26-40(61-51-20-8-3-15-42(51)43-16-4-9-21-52(43)61)34-54(44)62(53)50-22-11-14-37-30-38(24-27-41(37)50)57-58(60-49-19-7-6-18-48(49)59-57)39-25-29-56-47(32-39)45-17-5-10-23-55(45)63-56/h1-34H. The van der Waals surface area contributed by atoms with Gasteiger partial charge in [0.05, 0.1) is 50.2 Å². The molecular weight excluding hydrogens is 785 g/mol. The zero-order chi connectivity index (χ0) is 41.2. The highest BCUT2D eigenvalue weighted by atomic mass is 32.1. The second-order valence-electron chi connectivity index (χ2n) is 16.6. The van der Waals surface area contributed by atoms with Gasteiger partial charge in [-0.15, -0.1) is 11.3 Å². The first-order chi connectivity index (χ1) is 31.2. The molecule has 0 saturated heterocycles. The number of aromatic nitrogens is 4. The minimum absolute atomic E-state index is 0.874. The van der Waals surface area contributed by atoms with E-state index in [0.29, 0.717) is 0 Å². The Morgan fingerprint density at radius 3 is 1.67 bits per heavy atom. The lowest BCUT2D eigenvalue weighted by molar-refractivity contribution is 1.16. The van der Waals surface area contributed by atoms with Gasteiger partial charge in [0, 0.05) is 63.9 Å². The molecule has 0 atom stereocenters. The molecule has 10 aromatic carbocycles. The molecule has 4 heterocycles. The van der Waals surface area contributed by atoms with E-state index in [9.17, 15) is 0 Å². The van der Waals surface area contributed by atoms with Crippen molar-refractivity contribution < 1.29 is 0 Å². The number of para-hydroxylation sites is 4. The fourth-order valence-corrected chi connectivity index (χ4v) is 11.3. The third-order valence-corrected chi connectivity index (χ3v) is 14.2. The molecule has 63 heavy (non-hydrogen) atoms. The van der Waals surface area contributed by atoms with Crippen LogP contribution in [-0.2, 0) is 0 Å². The average Bonchev–Trinajstić information content (AvgIpc) is 3.99. The monoisotopic (exact) mass is 818 g/mol. The lowest BCUT2D eigenvalue weighted by Crippen LogP contribution is -1.98. The molecule has 0 amide bonds. The van der Waals surface area contributed by atoms with Gasteiger partial charge >= 0.3 is 0 Å². The highest BCUT2D eigenvalue weighted by Crippen LogP contribution is 2.42. The molecule has 0 saturated carbocycles. The maximum absolute atomic E-state index is 5.35. The van der Waals surface area contributed by atoms with Gasteiger partial charge in [0.1, 0.15) is 0 Å². The zero-order valence-corrected chi connectivity index (χ0v) is 34.6. The predicted molar refractivity (Wildman–Crippen MR) is 267 cm³/mol. The van der Waals surface area contributed by atoms with Gasteiger partial charge in [0.2, 0.25) is 0 Å². The fourth-order valence-electron chi connectivity index (χ4n) is 10.2. The summed E-state index contributed by atoms with van der Waals surface area (Å²) in [6, 6.07) is 75.0. The van der Waals surface area contributed by atoms with Gasteiger partial charge in [0.15, 0.2) is 0 Å². The first kappa shape index (κ1) is 34.6. The van der Waals surface area contributed by atoms with Gasteiger partial charge in [-0.25, -0.2) is 9.97 Å². The van der Waals surface area contributed by atoms with Crippen molar-refractivity contribution in [3.05, 3.63) is 206 Å². The molecule has 0 spiro atoms. The lowest BCUT2D eigenvalue weighted by Gasteiger charge is -2.15. The van der Waals surface area contributed by atoms with E-state index in [0.717, 1.165) is 61.2 Å². The van der Waals surface area contributed by atoms with E-state index in [2.05, 4.69) is 203 Å². The molecule has 4 aromatic heterocycles. The Kier molecular flexibility index (Phi) is 7.24. The van der Waals surface area contributed by atoms with E-state index in [1.807, 2.05) is 23.5 Å². The highest BCUT2D eigenvalue weighted by Gasteiger charge is 2.20. The Labute approximate surface area is 365 Å². The zero-order valence-electron chi connectivity index (χ0n) is 33.8. The van der Waals surface area contributed by atoms with Crippen molar-refractivity contribution in [1.29, 1.82) is 0 Å². The van der Waals surface area contributed by atoms with Crippen molar-refractivity contribution >= 4 is 108 Å². The van der Waals surface area contributed by atoms with Gasteiger partial charge in [-0.3, -0.25) is 0 Å². The van der Waals surface area contributed by atoms with E-state index >= 15 is 0 Å². The second-order valence-corrected chi connectivity index (χ2v) is 17.6. The normalized spacial score (nSPS) is 12.1. The van der Waals surface area contributed by atoms with Crippen LogP contribution in [-0.4, -0.2) is 19.1 Å². The van der Waals surface area contributed by atoms with E-state index < -0.39 is 0 Å². The Balaban J connectivity index is 0.999. The van der Waals surface area contributed by atoms with Crippen LogP contribution in [0.1, 0.15) is 0 Å². The molecule has 0 aliphatic rings. The molecule has 5 heteroatoms. The summed E-state index contributed by atoms with van der Waals surface area (Å²) in [6.07, 6.45) is 0. The quantitative estimate of drug-likeness (QED) is 0.177. The summed E-state index contributed by atoms with van der Waals surface area (Å²) in [5.74, 6) is 0. The van der Waals surface area contributed by atoms with Crippen molar-refractivity contribution in [2.75, 3.05) is 0 Å². The number of hydrogen-bond donors (Lipinski definition) is 0. The fraction of sp³-hybridized carbons (Fsp3) is 0. The Bertz CT molecular complexity index is 4170. The number of hydrogen-bond acceptors (Lipinski definition) is 3. The summed E-state index contributed by atoms with van der Waals surface area (Å²) >= 11 is 1.83. The van der Waals surface area contributed by atoms with E-state index in [1.165, 1.54) is 69.0 Å². The molecule has 0 N–H and O–H groups in total. The van der Waals surface area contributed by atoms with Crippen molar-refractivity contribution in [1.82, 2.24) is 19.1 Å². The van der Waals surface area contributed by atoms with Crippen LogP contribution < -0.4 is 0 Å². The van der Waals surface area contributed by atoms with Gasteiger partial charge in [0.25, 0.3) is 0 Å².